The van der Waals surface area contributed by atoms with Crippen molar-refractivity contribution in [3.05, 3.63) is 123 Å². The number of rotatable bonds is 11. The number of nitrogens with zero attached hydrogens (tertiary/aromatic N) is 1. The van der Waals surface area contributed by atoms with Crippen LogP contribution in [0.5, 0.6) is 0 Å². The molecule has 5 aromatic rings. The van der Waals surface area contributed by atoms with Crippen molar-refractivity contribution < 1.29 is 29.7 Å². The van der Waals surface area contributed by atoms with E-state index >= 15 is 0 Å². The molecule has 7 rings (SSSR count). The van der Waals surface area contributed by atoms with E-state index in [1.807, 2.05) is 6.07 Å². The van der Waals surface area contributed by atoms with E-state index in [1.165, 1.54) is 44.9 Å². The standard InChI is InChI=1S/C22H22N2O2.C14H10N2O2.C7H14O.CH3F/c1-2-3-4-5-6-11-18-23-17-13-12-16-19(20(17)24-18)22(26)15-10-8-7-9-14(15)21(16)25;15-10-6-5-9-11(12(10)16)14(18)8-4-2-1-3-7(8)13(9)17;1-2-3-4-5-6-7-8;1-2/h7-10,12-13H,2-6,11H2,1H3,(H,23,24);1-6H,15-16H2;7H,2-6H2,1H3;1H3/i;;;1D. The molecule has 9 nitrogen and oxygen atoms in total. The van der Waals surface area contributed by atoms with Crippen LogP contribution in [-0.2, 0) is 11.2 Å². The van der Waals surface area contributed by atoms with Gasteiger partial charge in [0.05, 0.1) is 36.5 Å². The van der Waals surface area contributed by atoms with Gasteiger partial charge in [0.2, 0.25) is 0 Å². The van der Waals surface area contributed by atoms with Crippen LogP contribution in [0.3, 0.4) is 0 Å². The number of aldehydes is 1. The van der Waals surface area contributed by atoms with E-state index in [-0.39, 0.29) is 34.4 Å². The lowest BCUT2D eigenvalue weighted by Gasteiger charge is -2.19. The normalized spacial score (nSPS) is 12.4. The number of alkyl halides is 1. The van der Waals surface area contributed by atoms with Gasteiger partial charge in [-0.25, -0.2) is 4.98 Å². The Hall–Kier alpha value is -5.77. The van der Waals surface area contributed by atoms with Gasteiger partial charge in [-0.15, -0.1) is 0 Å². The van der Waals surface area contributed by atoms with Gasteiger partial charge in [-0.1, -0.05) is 107 Å². The Morgan fingerprint density at radius 3 is 1.69 bits per heavy atom. The average molecular weight is 734 g/mol. The fraction of sp³-hybridized carbons (Fsp3) is 0.318. The summed E-state index contributed by atoms with van der Waals surface area (Å²) in [5, 5.41) is 0. The van der Waals surface area contributed by atoms with E-state index in [0.717, 1.165) is 43.3 Å². The second-order valence-electron chi connectivity index (χ2n) is 13.1. The van der Waals surface area contributed by atoms with Crippen molar-refractivity contribution >= 4 is 51.8 Å². The first-order valence-electron chi connectivity index (χ1n) is 19.2. The molecule has 0 saturated heterocycles. The first-order valence-corrected chi connectivity index (χ1v) is 18.5. The zero-order valence-electron chi connectivity index (χ0n) is 32.0. The molecular formula is C44H49FN4O5. The minimum absolute atomic E-state index is 0.0961. The smallest absolute Gasteiger partial charge is 0.196 e. The summed E-state index contributed by atoms with van der Waals surface area (Å²) in [6, 6.07) is 20.5. The van der Waals surface area contributed by atoms with E-state index in [0.29, 0.717) is 50.1 Å². The molecule has 4 aromatic carbocycles. The molecule has 0 fully saturated rings. The Balaban J connectivity index is 0.000000200. The molecule has 282 valence electrons. The summed E-state index contributed by atoms with van der Waals surface area (Å²) in [4.78, 5) is 68.2. The highest BCUT2D eigenvalue weighted by atomic mass is 19.1. The number of unbranched alkanes of at least 4 members (excludes halogenated alkanes) is 8. The van der Waals surface area contributed by atoms with Crippen molar-refractivity contribution in [2.75, 3.05) is 18.6 Å². The number of nitrogens with one attached hydrogen (secondary N) is 1. The minimum atomic E-state index is -1.00. The second-order valence-corrected chi connectivity index (χ2v) is 13.1. The maximum atomic E-state index is 13.0. The number of imidazole rings is 1. The largest absolute Gasteiger partial charge is 0.397 e. The summed E-state index contributed by atoms with van der Waals surface area (Å²) < 4.78 is 15.5. The summed E-state index contributed by atoms with van der Waals surface area (Å²) in [5.74, 6) is 0.254. The van der Waals surface area contributed by atoms with Gasteiger partial charge < -0.3 is 21.2 Å². The summed E-state index contributed by atoms with van der Waals surface area (Å²) in [7, 11) is -1.00. The molecule has 1 heterocycles. The van der Waals surface area contributed by atoms with Crippen molar-refractivity contribution in [1.82, 2.24) is 9.97 Å². The molecule has 0 aliphatic heterocycles. The average Bonchev–Trinajstić information content (AvgIpc) is 3.62. The zero-order valence-corrected chi connectivity index (χ0v) is 31.0. The lowest BCUT2D eigenvalue weighted by atomic mass is 9.83. The third kappa shape index (κ3) is 9.05. The van der Waals surface area contributed by atoms with Crippen LogP contribution in [0.2, 0.25) is 0 Å². The maximum Gasteiger partial charge on any atom is 0.196 e. The third-order valence-corrected chi connectivity index (χ3v) is 9.45. The van der Waals surface area contributed by atoms with Crippen molar-refractivity contribution in [2.24, 2.45) is 0 Å². The predicted octanol–water partition coefficient (Wildman–Crippen LogP) is 9.22. The van der Waals surface area contributed by atoms with Crippen LogP contribution in [0.1, 0.15) is 149 Å². The van der Waals surface area contributed by atoms with Crippen LogP contribution >= 0.6 is 0 Å². The molecule has 0 radical (unpaired) electrons. The first kappa shape index (κ1) is 39.4. The SMILES string of the molecule is CCCCCCC=O.CCCCCCCc1nc2c3c(ccc2[nH]1)C(=O)c1ccccc1C3=O.Nc1ccc2c(c1N)C(=O)c1ccccc1C2=O.[2H]CF. The summed E-state index contributed by atoms with van der Waals surface area (Å²) in [6.45, 7) is 4.37. The van der Waals surface area contributed by atoms with E-state index in [9.17, 15) is 28.4 Å². The Morgan fingerprint density at radius 1 is 0.648 bits per heavy atom. The summed E-state index contributed by atoms with van der Waals surface area (Å²) >= 11 is 0. The molecule has 0 saturated carbocycles. The third-order valence-electron chi connectivity index (χ3n) is 9.45. The Kier molecular flexibility index (Phi) is 14.5. The van der Waals surface area contributed by atoms with E-state index in [1.54, 1.807) is 66.7 Å². The van der Waals surface area contributed by atoms with Crippen molar-refractivity contribution in [1.29, 1.82) is 0 Å². The quantitative estimate of drug-likeness (QED) is 0.0672. The van der Waals surface area contributed by atoms with Crippen molar-refractivity contribution in [3.8, 4) is 0 Å². The number of aromatic amines is 1. The van der Waals surface area contributed by atoms with Crippen molar-refractivity contribution in [2.45, 2.75) is 84.5 Å². The maximum absolute atomic E-state index is 13.0. The van der Waals surface area contributed by atoms with Crippen LogP contribution < -0.4 is 11.5 Å². The molecule has 0 bridgehead atoms. The van der Waals surface area contributed by atoms with Gasteiger partial charge in [-0.2, -0.15) is 0 Å². The lowest BCUT2D eigenvalue weighted by Crippen LogP contribution is -2.22. The molecule has 0 amide bonds. The molecule has 1 aromatic heterocycles. The number of carbonyl (C=O) groups excluding carboxylic acids is 5. The molecule has 0 atom stereocenters. The zero-order chi connectivity index (χ0) is 39.9. The fourth-order valence-corrected chi connectivity index (χ4v) is 6.60. The monoisotopic (exact) mass is 733 g/mol. The molecule has 5 N–H and O–H groups in total. The Bertz CT molecular complexity index is 2160. The number of halogens is 1. The molecule has 0 spiro atoms. The number of benzene rings is 4. The number of nitrogen functional groups attached to an aromatic ring is 2. The van der Waals surface area contributed by atoms with Crippen LogP contribution in [0.25, 0.3) is 11.0 Å². The molecular weight excluding hydrogens is 684 g/mol. The van der Waals surface area contributed by atoms with E-state index in [2.05, 4.69) is 23.8 Å². The van der Waals surface area contributed by atoms with Gasteiger partial charge in [0.25, 0.3) is 0 Å². The molecule has 2 aliphatic rings. The number of H-pyrrole nitrogens is 1. The van der Waals surface area contributed by atoms with Gasteiger partial charge in [0, 0.05) is 46.2 Å². The predicted molar refractivity (Wildman–Crippen MR) is 212 cm³/mol. The number of nitrogens with two attached hydrogens (primary N) is 2. The van der Waals surface area contributed by atoms with Gasteiger partial charge in [-0.05, 0) is 37.1 Å². The number of aromatic nitrogens is 2. The van der Waals surface area contributed by atoms with Crippen LogP contribution in [-0.4, -0.2) is 46.5 Å². The highest BCUT2D eigenvalue weighted by Crippen LogP contribution is 2.34. The molecule has 0 unspecified atom stereocenters. The molecule has 2 aliphatic carbocycles. The van der Waals surface area contributed by atoms with E-state index < -0.39 is 7.15 Å². The number of hydrogen-bond acceptors (Lipinski definition) is 8. The number of hydrogen-bond donors (Lipinski definition) is 3. The highest BCUT2D eigenvalue weighted by molar-refractivity contribution is 6.32. The lowest BCUT2D eigenvalue weighted by molar-refractivity contribution is -0.107. The highest BCUT2D eigenvalue weighted by Gasteiger charge is 2.33. The molecule has 10 heteroatoms. The second kappa shape index (κ2) is 19.9. The van der Waals surface area contributed by atoms with Crippen LogP contribution in [0.15, 0.2) is 72.8 Å². The Labute approximate surface area is 317 Å². The first-order chi connectivity index (χ1) is 26.6. The topological polar surface area (TPSA) is 166 Å². The van der Waals surface area contributed by atoms with Crippen LogP contribution in [0, 0.1) is 0 Å². The number of fused-ring (bicyclic) bond motifs is 6. The summed E-state index contributed by atoms with van der Waals surface area (Å²) in [5.41, 5.74) is 16.6. The van der Waals surface area contributed by atoms with Gasteiger partial charge >= 0.3 is 0 Å². The number of anilines is 2. The van der Waals surface area contributed by atoms with Crippen LogP contribution in [0.4, 0.5) is 15.8 Å². The van der Waals surface area contributed by atoms with E-state index in [4.69, 9.17) is 12.8 Å². The molecule has 54 heavy (non-hydrogen) atoms. The van der Waals surface area contributed by atoms with Gasteiger partial charge in [0.15, 0.2) is 23.1 Å². The fourth-order valence-electron chi connectivity index (χ4n) is 6.60. The minimum Gasteiger partial charge on any atom is -0.397 e. The summed E-state index contributed by atoms with van der Waals surface area (Å²) in [6.07, 6.45) is 13.4. The number of ketones is 4. The van der Waals surface area contributed by atoms with Gasteiger partial charge in [-0.3, -0.25) is 23.6 Å². The van der Waals surface area contributed by atoms with Gasteiger partial charge in [0.1, 0.15) is 17.6 Å². The number of carbonyl (C=O) groups is 5. The Morgan fingerprint density at radius 2 is 1.13 bits per heavy atom. The number of aryl methyl sites for hydroxylation is 1. The van der Waals surface area contributed by atoms with Crippen molar-refractivity contribution in [3.63, 3.8) is 0 Å².